The monoisotopic (exact) mass is 126 g/mol. The van der Waals surface area contributed by atoms with Gasteiger partial charge in [-0.1, -0.05) is 12.7 Å². The van der Waals surface area contributed by atoms with E-state index in [-0.39, 0.29) is 13.0 Å². The van der Waals surface area contributed by atoms with Crippen LogP contribution in [0.5, 0.6) is 0 Å². The smallest absolute Gasteiger partial charge is 0.449 e. The summed E-state index contributed by atoms with van der Waals surface area (Å²) in [7, 11) is 0. The lowest BCUT2D eigenvalue weighted by atomic mass is 9.84. The molecule has 0 radical (unpaired) electrons. The van der Waals surface area contributed by atoms with Gasteiger partial charge in [-0.25, -0.2) is 0 Å². The molecule has 0 heterocycles. The van der Waals surface area contributed by atoms with Crippen molar-refractivity contribution in [1.29, 1.82) is 0 Å². The molecule has 0 saturated heterocycles. The summed E-state index contributed by atoms with van der Waals surface area (Å²) in [6, 6.07) is 0. The number of rotatable bonds is 3. The third-order valence-corrected chi connectivity index (χ3v) is 0.736. The fourth-order valence-corrected chi connectivity index (χ4v) is 0.349. The summed E-state index contributed by atoms with van der Waals surface area (Å²) in [6.45, 7) is -4.46. The Bertz CT molecular complexity index is 62.0. The van der Waals surface area contributed by atoms with Crippen LogP contribution < -0.4 is 5.73 Å². The molecule has 0 atom stereocenters. The van der Waals surface area contributed by atoms with Gasteiger partial charge in [0.1, 0.15) is 0 Å². The molecule has 0 rings (SSSR count). The van der Waals surface area contributed by atoms with E-state index in [2.05, 4.69) is 0 Å². The highest BCUT2D eigenvalue weighted by Gasteiger charge is 2.20. The van der Waals surface area contributed by atoms with Gasteiger partial charge in [-0.05, 0) is 6.54 Å². The van der Waals surface area contributed by atoms with E-state index in [1.54, 1.807) is 0 Å². The van der Waals surface area contributed by atoms with Crippen LogP contribution in [-0.4, -0.2) is 13.5 Å². The molecule has 1 nitrogen and oxygen atoms in total. The van der Waals surface area contributed by atoms with Gasteiger partial charge in [-0.3, -0.25) is 0 Å². The van der Waals surface area contributed by atoms with Crippen molar-refractivity contribution in [3.63, 3.8) is 0 Å². The molecule has 0 aromatic rings. The van der Waals surface area contributed by atoms with Crippen LogP contribution >= 0.6 is 0 Å². The number of halogens is 3. The van der Waals surface area contributed by atoms with Gasteiger partial charge >= 0.3 is 6.98 Å². The van der Waals surface area contributed by atoms with Crippen molar-refractivity contribution in [1.82, 2.24) is 0 Å². The third kappa shape index (κ3) is 5.81. The van der Waals surface area contributed by atoms with Gasteiger partial charge in [0.05, 0.1) is 0 Å². The number of hydrogen-bond donors (Lipinski definition) is 1. The van der Waals surface area contributed by atoms with E-state index >= 15 is 0 Å². The second-order valence-corrected chi connectivity index (χ2v) is 1.64. The predicted octanol–water partition coefficient (Wildman–Crippen LogP) is 1.18. The highest BCUT2D eigenvalue weighted by Crippen LogP contribution is 2.15. The second-order valence-electron chi connectivity index (χ2n) is 1.64. The number of hydrogen-bond acceptors (Lipinski definition) is 1. The van der Waals surface area contributed by atoms with Gasteiger partial charge in [0.2, 0.25) is 0 Å². The zero-order valence-electron chi connectivity index (χ0n) is 4.41. The summed E-state index contributed by atoms with van der Waals surface area (Å²) in [5.41, 5.74) is 4.85. The molecule has 5 heteroatoms. The summed E-state index contributed by atoms with van der Waals surface area (Å²) >= 11 is 0. The third-order valence-electron chi connectivity index (χ3n) is 0.736. The van der Waals surface area contributed by atoms with Crippen LogP contribution in [0.4, 0.5) is 12.9 Å². The van der Waals surface area contributed by atoms with Crippen LogP contribution in [0, 0.1) is 0 Å². The second kappa shape index (κ2) is 2.97. The molecule has 0 spiro atoms. The van der Waals surface area contributed by atoms with Crippen molar-refractivity contribution < 1.29 is 12.9 Å². The summed E-state index contributed by atoms with van der Waals surface area (Å²) < 4.78 is 33.7. The van der Waals surface area contributed by atoms with E-state index in [0.29, 0.717) is 0 Å². The Labute approximate surface area is 46.1 Å². The molecule has 0 aliphatic rings. The average Bonchev–Trinajstić information content (AvgIpc) is 1.59. The lowest BCUT2D eigenvalue weighted by molar-refractivity contribution is 0.464. The molecule has 0 aromatic carbocycles. The molecular weight excluding hydrogens is 118 g/mol. The van der Waals surface area contributed by atoms with Crippen molar-refractivity contribution >= 4 is 6.98 Å². The van der Waals surface area contributed by atoms with Crippen LogP contribution in [0.25, 0.3) is 0 Å². The molecule has 0 aliphatic heterocycles. The van der Waals surface area contributed by atoms with Crippen LogP contribution in [0.15, 0.2) is 0 Å². The Kier molecular flexibility index (Phi) is 2.90. The lowest BCUT2D eigenvalue weighted by Crippen LogP contribution is -2.15. The molecule has 0 saturated carbocycles. The summed E-state index contributed by atoms with van der Waals surface area (Å²) in [6.07, 6.45) is -0.639. The molecule has 50 valence electrons. The van der Waals surface area contributed by atoms with E-state index in [0.717, 1.165) is 0 Å². The van der Waals surface area contributed by atoms with Gasteiger partial charge in [0.15, 0.2) is 0 Å². The van der Waals surface area contributed by atoms with Crippen LogP contribution in [-0.2, 0) is 0 Å². The van der Waals surface area contributed by atoms with Crippen LogP contribution in [0.2, 0.25) is 6.32 Å². The quantitative estimate of drug-likeness (QED) is 0.564. The molecule has 8 heavy (non-hydrogen) atoms. The van der Waals surface area contributed by atoms with E-state index in [4.69, 9.17) is 5.73 Å². The summed E-state index contributed by atoms with van der Waals surface area (Å²) in [5, 5.41) is 0. The van der Waals surface area contributed by atoms with Crippen LogP contribution in [0.1, 0.15) is 6.42 Å². The van der Waals surface area contributed by atoms with E-state index in [9.17, 15) is 12.9 Å². The standard InChI is InChI=1S/C3H8BF3N/c5-4(6,7)2-1-3-8/h1-3,8H2/q-1. The first-order chi connectivity index (χ1) is 3.56. The normalized spacial score (nSPS) is 12.0. The average molecular weight is 126 g/mol. The SMILES string of the molecule is NCCC[B-](F)(F)F. The maximum atomic E-state index is 11.2. The first kappa shape index (κ1) is 7.81. The molecule has 0 amide bonds. The fourth-order valence-electron chi connectivity index (χ4n) is 0.349. The van der Waals surface area contributed by atoms with Crippen molar-refractivity contribution in [2.45, 2.75) is 12.7 Å². The Morgan fingerprint density at radius 2 is 1.75 bits per heavy atom. The Morgan fingerprint density at radius 3 is 1.88 bits per heavy atom. The van der Waals surface area contributed by atoms with E-state index < -0.39 is 13.3 Å². The maximum absolute atomic E-state index is 11.2. The molecule has 2 N–H and O–H groups in total. The van der Waals surface area contributed by atoms with Crippen molar-refractivity contribution in [2.75, 3.05) is 6.54 Å². The molecule has 0 unspecified atom stereocenters. The predicted molar refractivity (Wildman–Crippen MR) is 27.6 cm³/mol. The molecule has 0 bridgehead atoms. The van der Waals surface area contributed by atoms with Gasteiger partial charge in [0, 0.05) is 0 Å². The lowest BCUT2D eigenvalue weighted by Gasteiger charge is -2.10. The molecule has 0 fully saturated rings. The van der Waals surface area contributed by atoms with Gasteiger partial charge in [0.25, 0.3) is 0 Å². The Balaban J connectivity index is 3.11. The zero-order valence-corrected chi connectivity index (χ0v) is 4.41. The van der Waals surface area contributed by atoms with Crippen molar-refractivity contribution in [2.24, 2.45) is 5.73 Å². The molecule has 0 aliphatic carbocycles. The zero-order chi connectivity index (χ0) is 6.62. The minimum Gasteiger partial charge on any atom is -0.449 e. The Morgan fingerprint density at radius 1 is 1.25 bits per heavy atom. The Hall–Kier alpha value is -0.185. The van der Waals surface area contributed by atoms with Gasteiger partial charge < -0.3 is 18.7 Å². The van der Waals surface area contributed by atoms with Crippen LogP contribution in [0.3, 0.4) is 0 Å². The van der Waals surface area contributed by atoms with E-state index in [1.165, 1.54) is 0 Å². The number of nitrogens with two attached hydrogens (primary N) is 1. The maximum Gasteiger partial charge on any atom is 0.478 e. The van der Waals surface area contributed by atoms with E-state index in [1.807, 2.05) is 0 Å². The first-order valence-corrected chi connectivity index (χ1v) is 2.47. The summed E-state index contributed by atoms with van der Waals surface area (Å²) in [4.78, 5) is 0. The van der Waals surface area contributed by atoms with Crippen molar-refractivity contribution in [3.05, 3.63) is 0 Å². The topological polar surface area (TPSA) is 26.0 Å². The van der Waals surface area contributed by atoms with Gasteiger partial charge in [-0.15, -0.1) is 0 Å². The summed E-state index contributed by atoms with van der Waals surface area (Å²) in [5.74, 6) is 0. The highest BCUT2D eigenvalue weighted by atomic mass is 19.4. The van der Waals surface area contributed by atoms with Crippen molar-refractivity contribution in [3.8, 4) is 0 Å². The molecule has 0 aromatic heterocycles. The molecular formula is C3H8BF3N-. The highest BCUT2D eigenvalue weighted by molar-refractivity contribution is 6.58. The first-order valence-electron chi connectivity index (χ1n) is 2.47. The minimum atomic E-state index is -4.58. The van der Waals surface area contributed by atoms with Gasteiger partial charge in [-0.2, -0.15) is 0 Å². The minimum absolute atomic E-state index is 0.0590. The fraction of sp³-hybridized carbons (Fsp3) is 1.00. The largest absolute Gasteiger partial charge is 0.478 e.